The number of anilines is 2. The maximum absolute atomic E-state index is 9.27. The van der Waals surface area contributed by atoms with Crippen LogP contribution < -0.4 is 10.2 Å². The summed E-state index contributed by atoms with van der Waals surface area (Å²) in [5, 5.41) is 16.6. The number of aliphatic hydroxyl groups is 1. The Morgan fingerprint density at radius 3 is 2.55 bits per heavy atom. The van der Waals surface area contributed by atoms with Gasteiger partial charge in [0, 0.05) is 49.4 Å². The summed E-state index contributed by atoms with van der Waals surface area (Å²) < 4.78 is 1.97. The van der Waals surface area contributed by atoms with E-state index in [-0.39, 0.29) is 6.61 Å². The molecule has 0 atom stereocenters. The zero-order valence-corrected chi connectivity index (χ0v) is 18.2. The summed E-state index contributed by atoms with van der Waals surface area (Å²) in [7, 11) is 2.16. The highest BCUT2D eigenvalue weighted by Gasteiger charge is 2.17. The fourth-order valence-corrected chi connectivity index (χ4v) is 4.42. The molecule has 8 nitrogen and oxygen atoms in total. The Morgan fingerprint density at radius 1 is 1.03 bits per heavy atom. The van der Waals surface area contributed by atoms with Crippen molar-refractivity contribution in [2.45, 2.75) is 0 Å². The molecule has 31 heavy (non-hydrogen) atoms. The van der Waals surface area contributed by atoms with Gasteiger partial charge in [-0.05, 0) is 42.8 Å². The summed E-state index contributed by atoms with van der Waals surface area (Å²) in [6, 6.07) is 10.5. The molecule has 4 aromatic rings. The summed E-state index contributed by atoms with van der Waals surface area (Å²) >= 11 is 1.63. The molecule has 1 aromatic carbocycles. The minimum Gasteiger partial charge on any atom is -0.395 e. The number of fused-ring (bicyclic) bond motifs is 1. The van der Waals surface area contributed by atoms with Gasteiger partial charge in [0.2, 0.25) is 0 Å². The van der Waals surface area contributed by atoms with Crippen molar-refractivity contribution < 1.29 is 5.11 Å². The van der Waals surface area contributed by atoms with Gasteiger partial charge in [-0.3, -0.25) is 4.57 Å². The minimum atomic E-state index is 0.0196. The number of thiophene rings is 1. The standard InChI is InChI=1S/C22H25N7OS/c1-27-8-10-28(11-9-27)17-4-2-16(3-5-17)20-25-21(23-7-12-30)19-22(26-20)29(15-24-19)18-6-13-31-14-18/h2-6,13-15,30H,7-12H2,1H3,(H,23,25,26). The molecule has 0 unspecified atom stereocenters. The van der Waals surface area contributed by atoms with Crippen LogP contribution in [0, 0.1) is 0 Å². The van der Waals surface area contributed by atoms with Gasteiger partial charge >= 0.3 is 0 Å². The molecule has 2 N–H and O–H groups in total. The topological polar surface area (TPSA) is 82.3 Å². The third kappa shape index (κ3) is 3.99. The molecular weight excluding hydrogens is 410 g/mol. The SMILES string of the molecule is CN1CCN(c2ccc(-c3nc(NCCO)c4ncn(-c5ccsc5)c4n3)cc2)CC1. The Balaban J connectivity index is 1.52. The smallest absolute Gasteiger partial charge is 0.170 e. The Kier molecular flexibility index (Phi) is 5.54. The van der Waals surface area contributed by atoms with Gasteiger partial charge in [0.05, 0.1) is 12.3 Å². The number of rotatable bonds is 6. The number of likely N-dealkylation sites (N-methyl/N-ethyl adjacent to an activating group) is 1. The first kappa shape index (κ1) is 19.9. The van der Waals surface area contributed by atoms with Crippen LogP contribution in [0.1, 0.15) is 0 Å². The monoisotopic (exact) mass is 435 g/mol. The first-order valence-electron chi connectivity index (χ1n) is 10.4. The number of nitrogens with one attached hydrogen (secondary N) is 1. The first-order valence-corrected chi connectivity index (χ1v) is 11.3. The number of aromatic nitrogens is 4. The van der Waals surface area contributed by atoms with E-state index in [2.05, 4.69) is 56.8 Å². The van der Waals surface area contributed by atoms with Crippen LogP contribution in [0.3, 0.4) is 0 Å². The second kappa shape index (κ2) is 8.62. The van der Waals surface area contributed by atoms with Gasteiger partial charge in [-0.2, -0.15) is 11.3 Å². The van der Waals surface area contributed by atoms with Crippen molar-refractivity contribution in [3.05, 3.63) is 47.4 Å². The second-order valence-corrected chi connectivity index (χ2v) is 8.43. The number of benzene rings is 1. The van der Waals surface area contributed by atoms with Gasteiger partial charge in [0.25, 0.3) is 0 Å². The molecule has 1 fully saturated rings. The van der Waals surface area contributed by atoms with Crippen LogP contribution in [-0.2, 0) is 0 Å². The lowest BCUT2D eigenvalue weighted by Gasteiger charge is -2.34. The van der Waals surface area contributed by atoms with E-state index in [1.807, 2.05) is 16.0 Å². The van der Waals surface area contributed by atoms with Crippen molar-refractivity contribution >= 4 is 34.0 Å². The molecule has 0 saturated carbocycles. The number of hydrogen-bond donors (Lipinski definition) is 2. The molecule has 0 bridgehead atoms. The Bertz CT molecular complexity index is 1150. The van der Waals surface area contributed by atoms with E-state index in [0.29, 0.717) is 23.7 Å². The Morgan fingerprint density at radius 2 is 1.84 bits per heavy atom. The second-order valence-electron chi connectivity index (χ2n) is 7.65. The normalized spacial score (nSPS) is 15.0. The average molecular weight is 436 g/mol. The predicted octanol–water partition coefficient (Wildman–Crippen LogP) is 2.70. The quantitative estimate of drug-likeness (QED) is 0.482. The fraction of sp³-hybridized carbons (Fsp3) is 0.318. The molecule has 1 aliphatic rings. The summed E-state index contributed by atoms with van der Waals surface area (Å²) in [5.41, 5.74) is 4.63. The molecule has 5 rings (SSSR count). The molecule has 0 amide bonds. The van der Waals surface area contributed by atoms with E-state index in [4.69, 9.17) is 9.97 Å². The Labute approximate surface area is 184 Å². The molecule has 0 spiro atoms. The number of imidazole rings is 1. The van der Waals surface area contributed by atoms with E-state index in [1.54, 1.807) is 17.7 Å². The number of piperazine rings is 1. The molecular formula is C22H25N7OS. The maximum Gasteiger partial charge on any atom is 0.170 e. The van der Waals surface area contributed by atoms with Crippen molar-refractivity contribution in [3.63, 3.8) is 0 Å². The lowest BCUT2D eigenvalue weighted by molar-refractivity contribution is 0.311. The van der Waals surface area contributed by atoms with Gasteiger partial charge in [0.1, 0.15) is 6.33 Å². The summed E-state index contributed by atoms with van der Waals surface area (Å²) in [6.07, 6.45) is 1.77. The third-order valence-electron chi connectivity index (χ3n) is 5.58. The van der Waals surface area contributed by atoms with Crippen LogP contribution >= 0.6 is 11.3 Å². The van der Waals surface area contributed by atoms with Gasteiger partial charge < -0.3 is 20.2 Å². The molecule has 3 aromatic heterocycles. The lowest BCUT2D eigenvalue weighted by Crippen LogP contribution is -2.44. The van der Waals surface area contributed by atoms with Crippen LogP contribution in [0.25, 0.3) is 28.2 Å². The van der Waals surface area contributed by atoms with Crippen molar-refractivity contribution in [1.29, 1.82) is 0 Å². The number of hydrogen-bond acceptors (Lipinski definition) is 8. The molecule has 1 saturated heterocycles. The van der Waals surface area contributed by atoms with Crippen LogP contribution in [0.15, 0.2) is 47.4 Å². The molecule has 0 radical (unpaired) electrons. The average Bonchev–Trinajstić information content (AvgIpc) is 3.48. The summed E-state index contributed by atoms with van der Waals surface area (Å²) in [6.45, 7) is 4.65. The van der Waals surface area contributed by atoms with Crippen LogP contribution in [0.4, 0.5) is 11.5 Å². The van der Waals surface area contributed by atoms with Gasteiger partial charge in [-0.1, -0.05) is 0 Å². The first-order chi connectivity index (χ1) is 15.2. The zero-order chi connectivity index (χ0) is 21.2. The van der Waals surface area contributed by atoms with Crippen molar-refractivity contribution in [3.8, 4) is 17.1 Å². The Hall–Kier alpha value is -3.01. The van der Waals surface area contributed by atoms with E-state index in [1.165, 1.54) is 5.69 Å². The molecule has 4 heterocycles. The van der Waals surface area contributed by atoms with Crippen LogP contribution in [0.5, 0.6) is 0 Å². The van der Waals surface area contributed by atoms with Gasteiger partial charge in [0.15, 0.2) is 22.8 Å². The van der Waals surface area contributed by atoms with Gasteiger partial charge in [-0.15, -0.1) is 0 Å². The van der Waals surface area contributed by atoms with E-state index < -0.39 is 0 Å². The summed E-state index contributed by atoms with van der Waals surface area (Å²) in [5.74, 6) is 1.26. The molecule has 9 heteroatoms. The highest BCUT2D eigenvalue weighted by atomic mass is 32.1. The number of nitrogens with zero attached hydrogens (tertiary/aromatic N) is 6. The van der Waals surface area contributed by atoms with Crippen molar-refractivity contribution in [1.82, 2.24) is 24.4 Å². The van der Waals surface area contributed by atoms with Crippen LogP contribution in [0.2, 0.25) is 0 Å². The molecule has 0 aliphatic carbocycles. The van der Waals surface area contributed by atoms with Crippen molar-refractivity contribution in [2.24, 2.45) is 0 Å². The largest absolute Gasteiger partial charge is 0.395 e. The molecule has 1 aliphatic heterocycles. The highest BCUT2D eigenvalue weighted by Crippen LogP contribution is 2.28. The van der Waals surface area contributed by atoms with Gasteiger partial charge in [-0.25, -0.2) is 15.0 Å². The van der Waals surface area contributed by atoms with Crippen molar-refractivity contribution in [2.75, 3.05) is 56.6 Å². The highest BCUT2D eigenvalue weighted by molar-refractivity contribution is 7.08. The summed E-state index contributed by atoms with van der Waals surface area (Å²) in [4.78, 5) is 18.9. The maximum atomic E-state index is 9.27. The molecule has 160 valence electrons. The van der Waals surface area contributed by atoms with E-state index in [9.17, 15) is 5.11 Å². The predicted molar refractivity (Wildman–Crippen MR) is 125 cm³/mol. The minimum absolute atomic E-state index is 0.0196. The number of aliphatic hydroxyl groups excluding tert-OH is 1. The fourth-order valence-electron chi connectivity index (χ4n) is 3.80. The lowest BCUT2D eigenvalue weighted by atomic mass is 10.1. The zero-order valence-electron chi connectivity index (χ0n) is 17.4. The third-order valence-corrected chi connectivity index (χ3v) is 6.25. The van der Waals surface area contributed by atoms with E-state index >= 15 is 0 Å². The van der Waals surface area contributed by atoms with E-state index in [0.717, 1.165) is 43.1 Å². The van der Waals surface area contributed by atoms with Crippen LogP contribution in [-0.4, -0.2) is 75.9 Å².